The topological polar surface area (TPSA) is 87.2 Å². The summed E-state index contributed by atoms with van der Waals surface area (Å²) in [5, 5.41) is 9.60. The van der Waals surface area contributed by atoms with Gasteiger partial charge in [-0.05, 0) is 36.3 Å². The van der Waals surface area contributed by atoms with Crippen LogP contribution in [0.4, 0.5) is 5.82 Å². The van der Waals surface area contributed by atoms with E-state index in [1.165, 1.54) is 6.08 Å². The second kappa shape index (κ2) is 7.99. The minimum Gasteiger partial charge on any atom is -0.491 e. The number of aromatic amines is 1. The zero-order valence-electron chi connectivity index (χ0n) is 18.7. The zero-order chi connectivity index (χ0) is 23.4. The first-order valence-electron chi connectivity index (χ1n) is 11.3. The molecule has 0 aliphatic carbocycles. The molecule has 8 nitrogen and oxygen atoms in total. The number of benzene rings is 2. The summed E-state index contributed by atoms with van der Waals surface area (Å²) in [4.78, 5) is 25.6. The summed E-state index contributed by atoms with van der Waals surface area (Å²) in [7, 11) is 0. The summed E-state index contributed by atoms with van der Waals surface area (Å²) in [6.07, 6.45) is 5.52. The molecular formula is C25H23ClN6O2. The molecule has 0 radical (unpaired) electrons. The van der Waals surface area contributed by atoms with Crippen molar-refractivity contribution in [2.45, 2.75) is 19.4 Å². The van der Waals surface area contributed by atoms with Crippen LogP contribution in [-0.2, 0) is 4.79 Å². The molecular weight excluding hydrogens is 452 g/mol. The predicted molar refractivity (Wildman–Crippen MR) is 132 cm³/mol. The van der Waals surface area contributed by atoms with E-state index in [1.807, 2.05) is 23.2 Å². The molecule has 2 aliphatic rings. The molecule has 1 atom stereocenters. The average molecular weight is 475 g/mol. The standard InChI is InChI=1S/C25H23ClN6O2/c1-3-20(33)31-7-8-32-15(12-31)6-9-34-24-22-19(27-13-28-25(22)32)10-16(23(24)26)21-14(2)4-5-18-17(21)11-29-30-18/h3-5,10-11,13,15H,1,6-9,12H2,2H3,(H,29,30)/t15-/m1/s1. The van der Waals surface area contributed by atoms with E-state index in [4.69, 9.17) is 16.3 Å². The Kier molecular flexibility index (Phi) is 4.91. The molecule has 2 aromatic heterocycles. The van der Waals surface area contributed by atoms with Gasteiger partial charge in [-0.2, -0.15) is 5.10 Å². The molecule has 0 saturated carbocycles. The van der Waals surface area contributed by atoms with Crippen LogP contribution >= 0.6 is 11.6 Å². The third-order valence-corrected chi connectivity index (χ3v) is 7.22. The Morgan fingerprint density at radius 1 is 1.32 bits per heavy atom. The highest BCUT2D eigenvalue weighted by molar-refractivity contribution is 6.37. The lowest BCUT2D eigenvalue weighted by molar-refractivity contribution is -0.126. The van der Waals surface area contributed by atoms with Crippen LogP contribution in [0.5, 0.6) is 5.75 Å². The highest BCUT2D eigenvalue weighted by Gasteiger charge is 2.34. The lowest BCUT2D eigenvalue weighted by atomic mass is 9.95. The number of carbonyl (C=O) groups excluding carboxylic acids is 1. The number of fused-ring (bicyclic) bond motifs is 3. The lowest BCUT2D eigenvalue weighted by Gasteiger charge is -2.43. The van der Waals surface area contributed by atoms with Gasteiger partial charge in [-0.1, -0.05) is 24.2 Å². The SMILES string of the molecule is C=CC(=O)N1CCN2c3ncnc4cc(-c5c(C)ccc6[nH]ncc56)c(Cl)c(c34)OCC[C@@H]2C1. The minimum absolute atomic E-state index is 0.0488. The predicted octanol–water partition coefficient (Wildman–Crippen LogP) is 4.12. The van der Waals surface area contributed by atoms with E-state index in [1.54, 1.807) is 6.33 Å². The van der Waals surface area contributed by atoms with Gasteiger partial charge in [0.15, 0.2) is 5.75 Å². The van der Waals surface area contributed by atoms with E-state index < -0.39 is 0 Å². The van der Waals surface area contributed by atoms with Gasteiger partial charge in [0.25, 0.3) is 0 Å². The van der Waals surface area contributed by atoms with Gasteiger partial charge < -0.3 is 14.5 Å². The van der Waals surface area contributed by atoms with Crippen LogP contribution in [0, 0.1) is 6.92 Å². The second-order valence-corrected chi connectivity index (χ2v) is 9.10. The van der Waals surface area contributed by atoms with Crippen LogP contribution in [0.1, 0.15) is 12.0 Å². The highest BCUT2D eigenvalue weighted by Crippen LogP contribution is 2.47. The Morgan fingerprint density at radius 3 is 3.06 bits per heavy atom. The number of hydrogen-bond acceptors (Lipinski definition) is 6. The van der Waals surface area contributed by atoms with Crippen molar-refractivity contribution in [3.05, 3.63) is 54.0 Å². The normalized spacial score (nSPS) is 17.8. The number of piperazine rings is 1. The van der Waals surface area contributed by atoms with Crippen LogP contribution in [0.15, 0.2) is 43.4 Å². The van der Waals surface area contributed by atoms with Gasteiger partial charge in [-0.15, -0.1) is 0 Å². The monoisotopic (exact) mass is 474 g/mol. The quantitative estimate of drug-likeness (QED) is 0.440. The molecule has 4 heterocycles. The molecule has 0 unspecified atom stereocenters. The number of amides is 1. The Balaban J connectivity index is 1.54. The number of halogens is 1. The fourth-order valence-electron chi connectivity index (χ4n) is 5.18. The fourth-order valence-corrected chi connectivity index (χ4v) is 5.47. The average Bonchev–Trinajstić information content (AvgIpc) is 3.32. The maximum Gasteiger partial charge on any atom is 0.246 e. The first-order chi connectivity index (χ1) is 16.6. The summed E-state index contributed by atoms with van der Waals surface area (Å²) < 4.78 is 6.31. The molecule has 6 rings (SSSR count). The number of ether oxygens (including phenoxy) is 1. The van der Waals surface area contributed by atoms with Crippen molar-refractivity contribution in [2.75, 3.05) is 31.1 Å². The van der Waals surface area contributed by atoms with Crippen LogP contribution in [0.2, 0.25) is 5.02 Å². The van der Waals surface area contributed by atoms with Gasteiger partial charge in [0.1, 0.15) is 12.1 Å². The van der Waals surface area contributed by atoms with Crippen LogP contribution in [0.25, 0.3) is 32.9 Å². The second-order valence-electron chi connectivity index (χ2n) is 8.72. The molecule has 4 aromatic rings. The van der Waals surface area contributed by atoms with Crippen molar-refractivity contribution in [3.8, 4) is 16.9 Å². The minimum atomic E-state index is -0.0488. The summed E-state index contributed by atoms with van der Waals surface area (Å²) in [5.41, 5.74) is 4.67. The first-order valence-corrected chi connectivity index (χ1v) is 11.7. The van der Waals surface area contributed by atoms with Gasteiger partial charge in [-0.3, -0.25) is 9.89 Å². The lowest BCUT2D eigenvalue weighted by Crippen LogP contribution is -2.55. The zero-order valence-corrected chi connectivity index (χ0v) is 19.5. The Hall–Kier alpha value is -3.65. The van der Waals surface area contributed by atoms with Crippen molar-refractivity contribution in [2.24, 2.45) is 0 Å². The van der Waals surface area contributed by atoms with E-state index in [2.05, 4.69) is 44.6 Å². The maximum atomic E-state index is 12.2. The van der Waals surface area contributed by atoms with Gasteiger partial charge in [0.2, 0.25) is 5.91 Å². The number of nitrogens with zero attached hydrogens (tertiary/aromatic N) is 5. The third kappa shape index (κ3) is 3.13. The molecule has 9 heteroatoms. The third-order valence-electron chi connectivity index (χ3n) is 6.84. The molecule has 1 N–H and O–H groups in total. The first kappa shape index (κ1) is 20.9. The molecule has 1 fully saturated rings. The number of nitrogens with one attached hydrogen (secondary N) is 1. The summed E-state index contributed by atoms with van der Waals surface area (Å²) in [6, 6.07) is 6.17. The molecule has 34 heavy (non-hydrogen) atoms. The fraction of sp³-hybridized carbons (Fsp3) is 0.280. The van der Waals surface area contributed by atoms with Crippen LogP contribution in [-0.4, -0.2) is 63.3 Å². The van der Waals surface area contributed by atoms with Crippen molar-refractivity contribution in [3.63, 3.8) is 0 Å². The Morgan fingerprint density at radius 2 is 2.21 bits per heavy atom. The molecule has 1 saturated heterocycles. The highest BCUT2D eigenvalue weighted by atomic mass is 35.5. The van der Waals surface area contributed by atoms with Crippen molar-refractivity contribution >= 4 is 45.1 Å². The number of rotatable bonds is 2. The van der Waals surface area contributed by atoms with E-state index in [-0.39, 0.29) is 11.9 Å². The van der Waals surface area contributed by atoms with Crippen LogP contribution in [0.3, 0.4) is 0 Å². The number of anilines is 1. The molecule has 1 amide bonds. The molecule has 2 aromatic carbocycles. The Labute approximate surface area is 201 Å². The Bertz CT molecular complexity index is 1470. The number of carbonyl (C=O) groups is 1. The summed E-state index contributed by atoms with van der Waals surface area (Å²) in [6.45, 7) is 8.04. The van der Waals surface area contributed by atoms with Gasteiger partial charge in [-0.25, -0.2) is 9.97 Å². The van der Waals surface area contributed by atoms with E-state index >= 15 is 0 Å². The van der Waals surface area contributed by atoms with E-state index in [0.29, 0.717) is 37.0 Å². The number of aromatic nitrogens is 4. The number of H-pyrrole nitrogens is 1. The number of aryl methyl sites for hydroxylation is 1. The molecule has 2 aliphatic heterocycles. The van der Waals surface area contributed by atoms with Gasteiger partial charge in [0.05, 0.1) is 40.3 Å². The molecule has 0 bridgehead atoms. The van der Waals surface area contributed by atoms with Crippen molar-refractivity contribution in [1.82, 2.24) is 25.1 Å². The van der Waals surface area contributed by atoms with Crippen molar-refractivity contribution in [1.29, 1.82) is 0 Å². The van der Waals surface area contributed by atoms with Crippen molar-refractivity contribution < 1.29 is 9.53 Å². The summed E-state index contributed by atoms with van der Waals surface area (Å²) in [5.74, 6) is 1.35. The van der Waals surface area contributed by atoms with Gasteiger partial charge >= 0.3 is 0 Å². The smallest absolute Gasteiger partial charge is 0.246 e. The van der Waals surface area contributed by atoms with Crippen LogP contribution < -0.4 is 9.64 Å². The number of hydrogen-bond donors (Lipinski definition) is 1. The van der Waals surface area contributed by atoms with E-state index in [9.17, 15) is 4.79 Å². The summed E-state index contributed by atoms with van der Waals surface area (Å²) >= 11 is 7.06. The maximum absolute atomic E-state index is 12.2. The molecule has 172 valence electrons. The van der Waals surface area contributed by atoms with E-state index in [0.717, 1.165) is 50.7 Å². The largest absolute Gasteiger partial charge is 0.491 e. The molecule has 0 spiro atoms. The van der Waals surface area contributed by atoms with Gasteiger partial charge in [0, 0.05) is 37.0 Å².